The maximum absolute atomic E-state index is 11.6. The third-order valence-electron chi connectivity index (χ3n) is 2.57. The summed E-state index contributed by atoms with van der Waals surface area (Å²) in [5.41, 5.74) is 7.32. The van der Waals surface area contributed by atoms with Crippen molar-refractivity contribution in [3.63, 3.8) is 0 Å². The van der Waals surface area contributed by atoms with E-state index in [0.717, 1.165) is 37.7 Å². The molecule has 0 aliphatic rings. The summed E-state index contributed by atoms with van der Waals surface area (Å²) in [6.45, 7) is 6.84. The van der Waals surface area contributed by atoms with Gasteiger partial charge in [0.05, 0.1) is 0 Å². The van der Waals surface area contributed by atoms with Crippen LogP contribution in [0.2, 0.25) is 0 Å². The van der Waals surface area contributed by atoms with Crippen molar-refractivity contribution in [3.8, 4) is 0 Å². The first kappa shape index (κ1) is 15.2. The summed E-state index contributed by atoms with van der Waals surface area (Å²) in [6, 6.07) is 0. The molecule has 0 unspecified atom stereocenters. The molecule has 2 N–H and O–H groups in total. The van der Waals surface area contributed by atoms with Gasteiger partial charge in [-0.2, -0.15) is 0 Å². The summed E-state index contributed by atoms with van der Waals surface area (Å²) in [6.07, 6.45) is 5.35. The van der Waals surface area contributed by atoms with Gasteiger partial charge in [-0.3, -0.25) is 0 Å². The van der Waals surface area contributed by atoms with Gasteiger partial charge in [0.2, 0.25) is 0 Å². The van der Waals surface area contributed by atoms with Crippen LogP contribution in [0.1, 0.15) is 52.9 Å². The number of ether oxygens (including phenoxy) is 1. The van der Waals surface area contributed by atoms with E-state index in [4.69, 9.17) is 10.5 Å². The molecule has 0 saturated heterocycles. The van der Waals surface area contributed by atoms with Crippen molar-refractivity contribution >= 4 is 5.97 Å². The van der Waals surface area contributed by atoms with Gasteiger partial charge in [-0.25, -0.2) is 4.79 Å². The molecule has 94 valence electrons. The molecule has 0 aromatic rings. The predicted molar refractivity (Wildman–Crippen MR) is 67.1 cm³/mol. The number of allylic oxidation sites excluding steroid dienone is 1. The van der Waals surface area contributed by atoms with Crippen LogP contribution in [0.5, 0.6) is 0 Å². The Morgan fingerprint density at radius 3 is 2.38 bits per heavy atom. The van der Waals surface area contributed by atoms with Crippen LogP contribution >= 0.6 is 0 Å². The predicted octanol–water partition coefficient (Wildman–Crippen LogP) is 2.80. The highest BCUT2D eigenvalue weighted by atomic mass is 16.5. The first-order valence-corrected chi connectivity index (χ1v) is 6.23. The third-order valence-corrected chi connectivity index (χ3v) is 2.57. The Labute approximate surface area is 99.0 Å². The number of unbranched alkanes of at least 4 members (excludes halogenated alkanes) is 1. The molecule has 0 aromatic heterocycles. The third kappa shape index (κ3) is 5.91. The van der Waals surface area contributed by atoms with Crippen molar-refractivity contribution in [1.82, 2.24) is 0 Å². The van der Waals surface area contributed by atoms with Gasteiger partial charge in [0.15, 0.2) is 0 Å². The second-order valence-corrected chi connectivity index (χ2v) is 4.01. The van der Waals surface area contributed by atoms with Crippen molar-refractivity contribution in [1.29, 1.82) is 0 Å². The van der Waals surface area contributed by atoms with Gasteiger partial charge in [0, 0.05) is 12.1 Å². The summed E-state index contributed by atoms with van der Waals surface area (Å²) in [5, 5.41) is 0. The van der Waals surface area contributed by atoms with Gasteiger partial charge in [-0.05, 0) is 26.2 Å². The van der Waals surface area contributed by atoms with Gasteiger partial charge in [0.1, 0.15) is 6.61 Å². The summed E-state index contributed by atoms with van der Waals surface area (Å²) in [5.74, 6) is -0.204. The lowest BCUT2D eigenvalue weighted by Gasteiger charge is -2.10. The molecular weight excluding hydrogens is 202 g/mol. The van der Waals surface area contributed by atoms with E-state index in [-0.39, 0.29) is 5.97 Å². The van der Waals surface area contributed by atoms with Gasteiger partial charge < -0.3 is 10.5 Å². The number of nitrogens with two attached hydrogens (primary N) is 1. The van der Waals surface area contributed by atoms with Crippen LogP contribution in [0.3, 0.4) is 0 Å². The zero-order valence-electron chi connectivity index (χ0n) is 10.8. The van der Waals surface area contributed by atoms with Gasteiger partial charge >= 0.3 is 5.97 Å². The molecule has 0 saturated carbocycles. The molecule has 3 nitrogen and oxygen atoms in total. The molecule has 0 spiro atoms. The van der Waals surface area contributed by atoms with E-state index in [1.54, 1.807) is 0 Å². The Hall–Kier alpha value is -0.830. The standard InChI is InChI=1S/C13H25NO2/c1-4-6-8-12(7-5-2)11(3)13(15)16-10-9-14/h4-10,14H2,1-3H3. The van der Waals surface area contributed by atoms with E-state index < -0.39 is 0 Å². The number of esters is 1. The largest absolute Gasteiger partial charge is 0.461 e. The molecule has 0 radical (unpaired) electrons. The zero-order chi connectivity index (χ0) is 12.4. The second kappa shape index (κ2) is 9.40. The number of carbonyl (C=O) groups excluding carboxylic acids is 1. The molecule has 3 heteroatoms. The lowest BCUT2D eigenvalue weighted by molar-refractivity contribution is -0.138. The van der Waals surface area contributed by atoms with Crippen molar-refractivity contribution in [2.75, 3.05) is 13.2 Å². The van der Waals surface area contributed by atoms with Crippen molar-refractivity contribution in [3.05, 3.63) is 11.1 Å². The minimum Gasteiger partial charge on any atom is -0.461 e. The maximum atomic E-state index is 11.6. The monoisotopic (exact) mass is 227 g/mol. The van der Waals surface area contributed by atoms with Crippen molar-refractivity contribution < 1.29 is 9.53 Å². The van der Waals surface area contributed by atoms with Crippen molar-refractivity contribution in [2.45, 2.75) is 52.9 Å². The average molecular weight is 227 g/mol. The molecule has 0 fully saturated rings. The molecule has 0 aliphatic heterocycles. The Kier molecular flexibility index (Phi) is 8.91. The maximum Gasteiger partial charge on any atom is 0.333 e. The molecule has 0 amide bonds. The minimum absolute atomic E-state index is 0.204. The van der Waals surface area contributed by atoms with Crippen LogP contribution in [0.4, 0.5) is 0 Å². The Bertz CT molecular complexity index is 234. The molecule has 0 heterocycles. The van der Waals surface area contributed by atoms with Gasteiger partial charge in [-0.1, -0.05) is 32.3 Å². The number of hydrogen-bond donors (Lipinski definition) is 1. The Balaban J connectivity index is 4.46. The Morgan fingerprint density at radius 1 is 1.19 bits per heavy atom. The van der Waals surface area contributed by atoms with Crippen LogP contribution < -0.4 is 5.73 Å². The Morgan fingerprint density at radius 2 is 1.88 bits per heavy atom. The summed E-state index contributed by atoms with van der Waals surface area (Å²) < 4.78 is 5.04. The summed E-state index contributed by atoms with van der Waals surface area (Å²) >= 11 is 0. The van der Waals surface area contributed by atoms with E-state index in [1.807, 2.05) is 6.92 Å². The first-order valence-electron chi connectivity index (χ1n) is 6.23. The quantitative estimate of drug-likeness (QED) is 0.512. The number of rotatable bonds is 8. The molecule has 0 atom stereocenters. The van der Waals surface area contributed by atoms with Crippen LogP contribution in [0.25, 0.3) is 0 Å². The topological polar surface area (TPSA) is 52.3 Å². The van der Waals surface area contributed by atoms with E-state index >= 15 is 0 Å². The number of carbonyl (C=O) groups is 1. The van der Waals surface area contributed by atoms with E-state index in [0.29, 0.717) is 13.2 Å². The average Bonchev–Trinajstić information content (AvgIpc) is 2.30. The highest BCUT2D eigenvalue weighted by Gasteiger charge is 2.11. The lowest BCUT2D eigenvalue weighted by Crippen LogP contribution is -2.15. The second-order valence-electron chi connectivity index (χ2n) is 4.01. The van der Waals surface area contributed by atoms with Gasteiger partial charge in [-0.15, -0.1) is 0 Å². The van der Waals surface area contributed by atoms with Crippen LogP contribution in [0, 0.1) is 0 Å². The van der Waals surface area contributed by atoms with E-state index in [2.05, 4.69) is 13.8 Å². The fourth-order valence-electron chi connectivity index (χ4n) is 1.60. The molecule has 0 rings (SSSR count). The first-order chi connectivity index (χ1) is 7.67. The normalized spacial score (nSPS) is 12.2. The molecule has 0 bridgehead atoms. The molecule has 0 aliphatic carbocycles. The van der Waals surface area contributed by atoms with E-state index in [1.165, 1.54) is 5.57 Å². The van der Waals surface area contributed by atoms with E-state index in [9.17, 15) is 4.79 Å². The molecule has 0 aromatic carbocycles. The van der Waals surface area contributed by atoms with Crippen LogP contribution in [-0.2, 0) is 9.53 Å². The van der Waals surface area contributed by atoms with Crippen molar-refractivity contribution in [2.24, 2.45) is 5.73 Å². The van der Waals surface area contributed by atoms with Crippen LogP contribution in [-0.4, -0.2) is 19.1 Å². The summed E-state index contributed by atoms with van der Waals surface area (Å²) in [4.78, 5) is 11.6. The molecule has 16 heavy (non-hydrogen) atoms. The molecular formula is C13H25NO2. The fourth-order valence-corrected chi connectivity index (χ4v) is 1.60. The smallest absolute Gasteiger partial charge is 0.333 e. The minimum atomic E-state index is -0.204. The fraction of sp³-hybridized carbons (Fsp3) is 0.769. The lowest BCUT2D eigenvalue weighted by atomic mass is 9.99. The van der Waals surface area contributed by atoms with Gasteiger partial charge in [0.25, 0.3) is 0 Å². The zero-order valence-corrected chi connectivity index (χ0v) is 10.8. The number of hydrogen-bond acceptors (Lipinski definition) is 3. The highest BCUT2D eigenvalue weighted by molar-refractivity contribution is 5.88. The van der Waals surface area contributed by atoms with Crippen LogP contribution in [0.15, 0.2) is 11.1 Å². The summed E-state index contributed by atoms with van der Waals surface area (Å²) in [7, 11) is 0. The SMILES string of the molecule is CCCCC(CCC)=C(C)C(=O)OCCN. The highest BCUT2D eigenvalue weighted by Crippen LogP contribution is 2.19.